The molecule has 22 heavy (non-hydrogen) atoms. The zero-order valence-corrected chi connectivity index (χ0v) is 12.5. The molecule has 1 aliphatic rings. The number of hydrogen-bond donors (Lipinski definition) is 0. The van der Waals surface area contributed by atoms with Gasteiger partial charge in [0.1, 0.15) is 5.82 Å². The zero-order chi connectivity index (χ0) is 15.5. The van der Waals surface area contributed by atoms with Crippen molar-refractivity contribution in [1.29, 1.82) is 0 Å². The van der Waals surface area contributed by atoms with Gasteiger partial charge in [0.15, 0.2) is 0 Å². The van der Waals surface area contributed by atoms with E-state index in [0.29, 0.717) is 24.4 Å². The Hall–Kier alpha value is -2.20. The number of halogens is 1. The van der Waals surface area contributed by atoms with Crippen molar-refractivity contribution >= 4 is 11.6 Å². The molecule has 2 aromatic rings. The van der Waals surface area contributed by atoms with Crippen molar-refractivity contribution in [2.24, 2.45) is 0 Å². The highest BCUT2D eigenvalue weighted by molar-refractivity contribution is 6.06. The lowest BCUT2D eigenvalue weighted by Crippen LogP contribution is -2.35. The van der Waals surface area contributed by atoms with Gasteiger partial charge in [0, 0.05) is 19.2 Å². The molecular weight excluding hydrogens is 281 g/mol. The Balaban J connectivity index is 1.93. The van der Waals surface area contributed by atoms with Gasteiger partial charge in [-0.1, -0.05) is 18.2 Å². The van der Waals surface area contributed by atoms with Gasteiger partial charge < -0.3 is 9.64 Å². The van der Waals surface area contributed by atoms with Crippen LogP contribution >= 0.6 is 0 Å². The summed E-state index contributed by atoms with van der Waals surface area (Å²) in [6.45, 7) is 1.08. The summed E-state index contributed by atoms with van der Waals surface area (Å²) >= 11 is 0. The van der Waals surface area contributed by atoms with E-state index in [-0.39, 0.29) is 11.7 Å². The number of rotatable bonds is 3. The van der Waals surface area contributed by atoms with Crippen molar-refractivity contribution in [3.63, 3.8) is 0 Å². The Morgan fingerprint density at radius 2 is 2.14 bits per heavy atom. The highest BCUT2D eigenvalue weighted by Gasteiger charge is 2.24. The van der Waals surface area contributed by atoms with Crippen LogP contribution in [-0.4, -0.2) is 19.6 Å². The van der Waals surface area contributed by atoms with Crippen molar-refractivity contribution in [1.82, 2.24) is 0 Å². The lowest BCUT2D eigenvalue weighted by molar-refractivity contribution is 0.0984. The van der Waals surface area contributed by atoms with E-state index in [0.717, 1.165) is 24.0 Å². The van der Waals surface area contributed by atoms with Gasteiger partial charge in [-0.25, -0.2) is 4.39 Å². The molecule has 0 bridgehead atoms. The minimum Gasteiger partial charge on any atom is -0.380 e. The summed E-state index contributed by atoms with van der Waals surface area (Å²) in [5, 5.41) is 0. The number of amides is 1. The molecule has 0 spiro atoms. The summed E-state index contributed by atoms with van der Waals surface area (Å²) in [6, 6.07) is 12.1. The van der Waals surface area contributed by atoms with Crippen LogP contribution in [0.25, 0.3) is 0 Å². The first-order valence-corrected chi connectivity index (χ1v) is 7.37. The van der Waals surface area contributed by atoms with Gasteiger partial charge in [-0.05, 0) is 48.2 Å². The summed E-state index contributed by atoms with van der Waals surface area (Å²) in [5.41, 5.74) is 3.26. The Labute approximate surface area is 129 Å². The van der Waals surface area contributed by atoms with Crippen molar-refractivity contribution in [2.45, 2.75) is 19.4 Å². The highest BCUT2D eigenvalue weighted by Crippen LogP contribution is 2.29. The largest absolute Gasteiger partial charge is 0.380 e. The SMILES string of the molecule is COCc1cccc(C(=O)N2CCCc3ccc(F)cc32)c1. The van der Waals surface area contributed by atoms with Gasteiger partial charge in [-0.2, -0.15) is 0 Å². The third kappa shape index (κ3) is 2.88. The molecule has 1 amide bonds. The van der Waals surface area contributed by atoms with Crippen molar-refractivity contribution in [3.05, 3.63) is 65.0 Å². The van der Waals surface area contributed by atoms with E-state index >= 15 is 0 Å². The van der Waals surface area contributed by atoms with Gasteiger partial charge in [-0.3, -0.25) is 4.79 Å². The van der Waals surface area contributed by atoms with Gasteiger partial charge in [0.05, 0.1) is 12.3 Å². The topological polar surface area (TPSA) is 29.5 Å². The summed E-state index contributed by atoms with van der Waals surface area (Å²) in [7, 11) is 1.62. The molecule has 1 aliphatic heterocycles. The van der Waals surface area contributed by atoms with Gasteiger partial charge >= 0.3 is 0 Å². The van der Waals surface area contributed by atoms with Gasteiger partial charge in [-0.15, -0.1) is 0 Å². The fourth-order valence-electron chi connectivity index (χ4n) is 2.88. The molecule has 1 heterocycles. The van der Waals surface area contributed by atoms with Crippen LogP contribution in [0.4, 0.5) is 10.1 Å². The smallest absolute Gasteiger partial charge is 0.258 e. The second-order valence-electron chi connectivity index (χ2n) is 5.47. The molecule has 3 rings (SSSR count). The van der Waals surface area contributed by atoms with E-state index in [2.05, 4.69) is 0 Å². The average molecular weight is 299 g/mol. The van der Waals surface area contributed by atoms with E-state index in [9.17, 15) is 9.18 Å². The molecule has 0 N–H and O–H groups in total. The lowest BCUT2D eigenvalue weighted by atomic mass is 10.0. The predicted molar refractivity (Wildman–Crippen MR) is 83.6 cm³/mol. The molecule has 4 heteroatoms. The molecule has 0 aromatic heterocycles. The Bertz CT molecular complexity index is 699. The third-order valence-electron chi connectivity index (χ3n) is 3.90. The van der Waals surface area contributed by atoms with E-state index in [1.165, 1.54) is 12.1 Å². The fraction of sp³-hybridized carbons (Fsp3) is 0.278. The predicted octanol–water partition coefficient (Wildman–Crippen LogP) is 3.57. The second kappa shape index (κ2) is 6.28. The van der Waals surface area contributed by atoms with Gasteiger partial charge in [0.25, 0.3) is 5.91 Å². The number of benzene rings is 2. The van der Waals surface area contributed by atoms with Crippen LogP contribution in [0.2, 0.25) is 0 Å². The lowest BCUT2D eigenvalue weighted by Gasteiger charge is -2.29. The number of hydrogen-bond acceptors (Lipinski definition) is 2. The Morgan fingerprint density at radius 3 is 2.95 bits per heavy atom. The maximum atomic E-state index is 13.5. The van der Waals surface area contributed by atoms with Crippen molar-refractivity contribution < 1.29 is 13.9 Å². The molecule has 0 unspecified atom stereocenters. The molecule has 0 atom stereocenters. The molecule has 3 nitrogen and oxygen atoms in total. The highest BCUT2D eigenvalue weighted by atomic mass is 19.1. The quantitative estimate of drug-likeness (QED) is 0.867. The standard InChI is InChI=1S/C18H18FNO2/c1-22-12-13-4-2-5-15(10-13)18(21)20-9-3-6-14-7-8-16(19)11-17(14)20/h2,4-5,7-8,10-11H,3,6,9,12H2,1H3. The van der Waals surface area contributed by atoms with Crippen LogP contribution in [-0.2, 0) is 17.8 Å². The average Bonchev–Trinajstić information content (AvgIpc) is 2.54. The first kappa shape index (κ1) is 14.7. The van der Waals surface area contributed by atoms with Crippen LogP contribution < -0.4 is 4.90 Å². The molecule has 2 aromatic carbocycles. The van der Waals surface area contributed by atoms with Crippen LogP contribution in [0.1, 0.15) is 27.9 Å². The summed E-state index contributed by atoms with van der Waals surface area (Å²) in [4.78, 5) is 14.5. The second-order valence-corrected chi connectivity index (χ2v) is 5.47. The van der Waals surface area contributed by atoms with Crippen LogP contribution in [0.15, 0.2) is 42.5 Å². The Morgan fingerprint density at radius 1 is 1.27 bits per heavy atom. The number of carbonyl (C=O) groups is 1. The number of fused-ring (bicyclic) bond motifs is 1. The normalized spacial score (nSPS) is 13.8. The molecule has 0 saturated carbocycles. The number of nitrogens with zero attached hydrogens (tertiary/aromatic N) is 1. The first-order chi connectivity index (χ1) is 10.7. The van der Waals surface area contributed by atoms with Crippen LogP contribution in [0, 0.1) is 5.82 Å². The zero-order valence-electron chi connectivity index (χ0n) is 12.5. The van der Waals surface area contributed by atoms with Crippen molar-refractivity contribution in [2.75, 3.05) is 18.6 Å². The monoisotopic (exact) mass is 299 g/mol. The van der Waals surface area contributed by atoms with E-state index < -0.39 is 0 Å². The molecular formula is C18H18FNO2. The van der Waals surface area contributed by atoms with Crippen LogP contribution in [0.5, 0.6) is 0 Å². The maximum Gasteiger partial charge on any atom is 0.258 e. The summed E-state index contributed by atoms with van der Waals surface area (Å²) in [6.07, 6.45) is 1.77. The molecule has 0 aliphatic carbocycles. The fourth-order valence-corrected chi connectivity index (χ4v) is 2.88. The number of methoxy groups -OCH3 is 1. The third-order valence-corrected chi connectivity index (χ3v) is 3.90. The maximum absolute atomic E-state index is 13.5. The number of ether oxygens (including phenoxy) is 1. The van der Waals surface area contributed by atoms with E-state index in [4.69, 9.17) is 4.74 Å². The minimum absolute atomic E-state index is 0.0931. The van der Waals surface area contributed by atoms with E-state index in [1.807, 2.05) is 18.2 Å². The summed E-state index contributed by atoms with van der Waals surface area (Å²) < 4.78 is 18.6. The Kier molecular flexibility index (Phi) is 4.20. The van der Waals surface area contributed by atoms with Crippen molar-refractivity contribution in [3.8, 4) is 0 Å². The van der Waals surface area contributed by atoms with Crippen LogP contribution in [0.3, 0.4) is 0 Å². The number of carbonyl (C=O) groups excluding carboxylic acids is 1. The summed E-state index contributed by atoms with van der Waals surface area (Å²) in [5.74, 6) is -0.406. The van der Waals surface area contributed by atoms with Gasteiger partial charge in [0.2, 0.25) is 0 Å². The molecule has 0 saturated heterocycles. The minimum atomic E-state index is -0.313. The molecule has 114 valence electrons. The first-order valence-electron chi connectivity index (χ1n) is 7.37. The number of aryl methyl sites for hydroxylation is 1. The number of anilines is 1. The molecule has 0 fully saturated rings. The molecule has 0 radical (unpaired) electrons. The van der Waals surface area contributed by atoms with E-state index in [1.54, 1.807) is 24.1 Å².